The zero-order valence-corrected chi connectivity index (χ0v) is 16.6. The fourth-order valence-electron chi connectivity index (χ4n) is 2.56. The van der Waals surface area contributed by atoms with E-state index < -0.39 is 5.97 Å². The molecule has 0 aliphatic carbocycles. The van der Waals surface area contributed by atoms with Gasteiger partial charge in [-0.1, -0.05) is 65.3 Å². The lowest BCUT2D eigenvalue weighted by Crippen LogP contribution is -2.04. The molecule has 0 bridgehead atoms. The first-order valence-corrected chi connectivity index (χ1v) is 10.1. The number of nitrogens with zero attached hydrogens (tertiary/aromatic N) is 3. The highest BCUT2D eigenvalue weighted by atomic mass is 35.5. The first kappa shape index (κ1) is 19.7. The molecule has 1 heterocycles. The van der Waals surface area contributed by atoms with E-state index in [0.717, 1.165) is 17.1 Å². The van der Waals surface area contributed by atoms with E-state index >= 15 is 0 Å². The molecule has 2 aromatic carbocycles. The lowest BCUT2D eigenvalue weighted by atomic mass is 10.1. The van der Waals surface area contributed by atoms with Crippen LogP contribution in [0.25, 0.3) is 5.69 Å². The number of aliphatic carboxylic acids is 1. The number of aromatic nitrogens is 3. The zero-order chi connectivity index (χ0) is 19.2. The predicted molar refractivity (Wildman–Crippen MR) is 108 cm³/mol. The summed E-state index contributed by atoms with van der Waals surface area (Å²) in [5, 5.41) is 19.1. The summed E-state index contributed by atoms with van der Waals surface area (Å²) in [6, 6.07) is 15.4. The average Bonchev–Trinajstić information content (AvgIpc) is 3.04. The summed E-state index contributed by atoms with van der Waals surface area (Å²) in [5.41, 5.74) is 1.94. The molecule has 0 aliphatic rings. The largest absolute Gasteiger partial charge is 0.481 e. The molecule has 0 unspecified atom stereocenters. The third-order valence-corrected chi connectivity index (χ3v) is 5.59. The highest BCUT2D eigenvalue weighted by molar-refractivity contribution is 7.99. The van der Waals surface area contributed by atoms with Gasteiger partial charge >= 0.3 is 5.97 Å². The molecule has 0 saturated heterocycles. The number of rotatable bonds is 8. The molecule has 1 N–H and O–H groups in total. The Kier molecular flexibility index (Phi) is 6.77. The molecular weight excluding hydrogens is 405 g/mol. The lowest BCUT2D eigenvalue weighted by Gasteiger charge is -2.11. The Morgan fingerprint density at radius 3 is 2.56 bits per heavy atom. The van der Waals surface area contributed by atoms with Gasteiger partial charge in [0.15, 0.2) is 5.16 Å². The van der Waals surface area contributed by atoms with Crippen LogP contribution in [-0.2, 0) is 11.2 Å². The maximum Gasteiger partial charge on any atom is 0.303 e. The summed E-state index contributed by atoms with van der Waals surface area (Å²) < 4.78 is 1.95. The van der Waals surface area contributed by atoms with Crippen molar-refractivity contribution in [3.8, 4) is 5.69 Å². The van der Waals surface area contributed by atoms with Crippen molar-refractivity contribution in [3.05, 3.63) is 70.0 Å². The van der Waals surface area contributed by atoms with Crippen molar-refractivity contribution < 1.29 is 9.90 Å². The van der Waals surface area contributed by atoms with Gasteiger partial charge in [0, 0.05) is 18.6 Å². The van der Waals surface area contributed by atoms with Crippen LogP contribution in [0.5, 0.6) is 0 Å². The first-order valence-electron chi connectivity index (χ1n) is 8.33. The molecule has 5 nitrogen and oxygen atoms in total. The van der Waals surface area contributed by atoms with Gasteiger partial charge in [-0.15, -0.1) is 10.2 Å². The lowest BCUT2D eigenvalue weighted by molar-refractivity contribution is -0.137. The van der Waals surface area contributed by atoms with Gasteiger partial charge in [-0.3, -0.25) is 9.36 Å². The number of halogens is 2. The van der Waals surface area contributed by atoms with Crippen molar-refractivity contribution in [2.45, 2.75) is 24.4 Å². The van der Waals surface area contributed by atoms with Gasteiger partial charge in [-0.2, -0.15) is 0 Å². The average molecular weight is 422 g/mol. The third kappa shape index (κ3) is 5.25. The Morgan fingerprint density at radius 1 is 1.07 bits per heavy atom. The van der Waals surface area contributed by atoms with Gasteiger partial charge in [0.2, 0.25) is 0 Å². The first-order chi connectivity index (χ1) is 13.0. The van der Waals surface area contributed by atoms with E-state index in [1.807, 2.05) is 41.0 Å². The SMILES string of the molecule is O=C(O)CCCSc1nnc(Cc2ccccc2)n1-c1ccc(Cl)c(Cl)c1. The second kappa shape index (κ2) is 9.26. The number of hydrogen-bond donors (Lipinski definition) is 1. The monoisotopic (exact) mass is 421 g/mol. The van der Waals surface area contributed by atoms with Crippen LogP contribution in [-0.4, -0.2) is 31.6 Å². The third-order valence-electron chi connectivity index (χ3n) is 3.83. The molecule has 0 fully saturated rings. The minimum absolute atomic E-state index is 0.130. The van der Waals surface area contributed by atoms with Crippen LogP contribution in [0, 0.1) is 0 Å². The summed E-state index contributed by atoms with van der Waals surface area (Å²) in [5.74, 6) is 0.614. The topological polar surface area (TPSA) is 68.0 Å². The second-order valence-electron chi connectivity index (χ2n) is 5.84. The van der Waals surface area contributed by atoms with E-state index in [2.05, 4.69) is 10.2 Å². The quantitative estimate of drug-likeness (QED) is 0.403. The van der Waals surface area contributed by atoms with Gasteiger partial charge in [-0.05, 0) is 30.2 Å². The number of hydrogen-bond acceptors (Lipinski definition) is 4. The molecule has 27 heavy (non-hydrogen) atoms. The molecule has 0 amide bonds. The molecule has 0 saturated carbocycles. The molecule has 1 aromatic heterocycles. The molecule has 0 aliphatic heterocycles. The number of carbonyl (C=O) groups is 1. The van der Waals surface area contributed by atoms with E-state index in [9.17, 15) is 4.79 Å². The second-order valence-corrected chi connectivity index (χ2v) is 7.72. The standard InChI is InChI=1S/C19H17Cl2N3O2S/c20-15-9-8-14(12-16(15)21)24-17(11-13-5-2-1-3-6-13)22-23-19(24)27-10-4-7-18(25)26/h1-3,5-6,8-9,12H,4,7,10-11H2,(H,25,26). The normalized spacial score (nSPS) is 10.9. The minimum atomic E-state index is -0.800. The summed E-state index contributed by atoms with van der Waals surface area (Å²) >= 11 is 13.7. The maximum atomic E-state index is 10.7. The van der Waals surface area contributed by atoms with Crippen molar-refractivity contribution in [2.24, 2.45) is 0 Å². The number of carboxylic acid groups (broad SMARTS) is 1. The summed E-state index contributed by atoms with van der Waals surface area (Å²) in [7, 11) is 0. The maximum absolute atomic E-state index is 10.7. The minimum Gasteiger partial charge on any atom is -0.481 e. The van der Waals surface area contributed by atoms with Crippen LogP contribution in [0.4, 0.5) is 0 Å². The fourth-order valence-corrected chi connectivity index (χ4v) is 3.76. The van der Waals surface area contributed by atoms with Crippen LogP contribution < -0.4 is 0 Å². The Labute approximate surface area is 171 Å². The Hall–Kier alpha value is -2.02. The Bertz CT molecular complexity index is 932. The van der Waals surface area contributed by atoms with Gasteiger partial charge in [0.05, 0.1) is 15.7 Å². The highest BCUT2D eigenvalue weighted by Crippen LogP contribution is 2.29. The number of thioether (sulfide) groups is 1. The number of carboxylic acids is 1. The van der Waals surface area contributed by atoms with Crippen molar-refractivity contribution >= 4 is 40.9 Å². The van der Waals surface area contributed by atoms with Gasteiger partial charge < -0.3 is 5.11 Å². The predicted octanol–water partition coefficient (Wildman–Crippen LogP) is 5.12. The van der Waals surface area contributed by atoms with Crippen molar-refractivity contribution in [3.63, 3.8) is 0 Å². The summed E-state index contributed by atoms with van der Waals surface area (Å²) in [4.78, 5) is 10.7. The molecule has 8 heteroatoms. The molecule has 0 radical (unpaired) electrons. The summed E-state index contributed by atoms with van der Waals surface area (Å²) in [6.07, 6.45) is 1.30. The summed E-state index contributed by atoms with van der Waals surface area (Å²) in [6.45, 7) is 0. The van der Waals surface area contributed by atoms with E-state index in [-0.39, 0.29) is 6.42 Å². The molecular formula is C19H17Cl2N3O2S. The van der Waals surface area contributed by atoms with Crippen molar-refractivity contribution in [2.75, 3.05) is 5.75 Å². The molecule has 0 atom stereocenters. The van der Waals surface area contributed by atoms with E-state index in [0.29, 0.717) is 33.8 Å². The van der Waals surface area contributed by atoms with Crippen LogP contribution in [0.1, 0.15) is 24.2 Å². The zero-order valence-electron chi connectivity index (χ0n) is 14.3. The van der Waals surface area contributed by atoms with Crippen molar-refractivity contribution in [1.82, 2.24) is 14.8 Å². The van der Waals surface area contributed by atoms with Gasteiger partial charge in [-0.25, -0.2) is 0 Å². The number of benzene rings is 2. The van der Waals surface area contributed by atoms with Crippen LogP contribution in [0.2, 0.25) is 10.0 Å². The molecule has 140 valence electrons. The van der Waals surface area contributed by atoms with Gasteiger partial charge in [0.25, 0.3) is 0 Å². The highest BCUT2D eigenvalue weighted by Gasteiger charge is 2.16. The Balaban J connectivity index is 1.90. The van der Waals surface area contributed by atoms with E-state index in [4.69, 9.17) is 28.3 Å². The van der Waals surface area contributed by atoms with Crippen LogP contribution in [0.15, 0.2) is 53.7 Å². The fraction of sp³-hybridized carbons (Fsp3) is 0.211. The van der Waals surface area contributed by atoms with Crippen LogP contribution >= 0.6 is 35.0 Å². The van der Waals surface area contributed by atoms with E-state index in [1.165, 1.54) is 11.8 Å². The molecule has 3 aromatic rings. The van der Waals surface area contributed by atoms with Crippen molar-refractivity contribution in [1.29, 1.82) is 0 Å². The molecule has 3 rings (SSSR count). The van der Waals surface area contributed by atoms with Gasteiger partial charge in [0.1, 0.15) is 5.82 Å². The van der Waals surface area contributed by atoms with E-state index in [1.54, 1.807) is 12.1 Å². The van der Waals surface area contributed by atoms with Crippen LogP contribution in [0.3, 0.4) is 0 Å². The smallest absolute Gasteiger partial charge is 0.303 e. The Morgan fingerprint density at radius 2 is 1.85 bits per heavy atom. The molecule has 0 spiro atoms.